The molecule has 1 aliphatic heterocycles. The Morgan fingerprint density at radius 1 is 1.21 bits per heavy atom. The van der Waals surface area contributed by atoms with E-state index in [2.05, 4.69) is 0 Å². The minimum atomic E-state index is -1.25. The molecule has 8 nitrogen and oxygen atoms in total. The van der Waals surface area contributed by atoms with E-state index < -0.39 is 36.6 Å². The van der Waals surface area contributed by atoms with Crippen LogP contribution in [0, 0.1) is 0 Å². The Balaban J connectivity index is 2.84. The first kappa shape index (κ1) is 15.2. The molecule has 19 heavy (non-hydrogen) atoms. The highest BCUT2D eigenvalue weighted by molar-refractivity contribution is 5.84. The number of morpholine rings is 1. The summed E-state index contributed by atoms with van der Waals surface area (Å²) >= 11 is 0. The molecule has 2 N–H and O–H groups in total. The van der Waals surface area contributed by atoms with Crippen LogP contribution in [0.25, 0.3) is 0 Å². The van der Waals surface area contributed by atoms with Crippen LogP contribution in [0.1, 0.15) is 13.8 Å². The van der Waals surface area contributed by atoms with Crippen molar-refractivity contribution in [2.75, 3.05) is 32.8 Å². The minimum absolute atomic E-state index is 0.307. The van der Waals surface area contributed by atoms with Crippen molar-refractivity contribution in [3.8, 4) is 0 Å². The number of aliphatic carboxylic acids is 2. The molecule has 0 atom stereocenters. The van der Waals surface area contributed by atoms with E-state index >= 15 is 0 Å². The smallest absolute Gasteiger partial charge is 0.323 e. The Hall–Kier alpha value is -1.83. The molecular formula is C11H18N2O6. The van der Waals surface area contributed by atoms with Gasteiger partial charge in [-0.15, -0.1) is 0 Å². The molecule has 0 bridgehead atoms. The second kappa shape index (κ2) is 5.87. The molecule has 1 heterocycles. The van der Waals surface area contributed by atoms with Gasteiger partial charge < -0.3 is 24.7 Å². The van der Waals surface area contributed by atoms with Crippen molar-refractivity contribution < 1.29 is 29.3 Å². The van der Waals surface area contributed by atoms with Gasteiger partial charge in [0.1, 0.15) is 13.1 Å². The first-order valence-corrected chi connectivity index (χ1v) is 5.82. The number of carboxylic acid groups (broad SMARTS) is 2. The van der Waals surface area contributed by atoms with Crippen molar-refractivity contribution in [1.82, 2.24) is 9.80 Å². The van der Waals surface area contributed by atoms with E-state index in [9.17, 15) is 14.4 Å². The second-order valence-electron chi connectivity index (χ2n) is 4.94. The highest BCUT2D eigenvalue weighted by atomic mass is 16.5. The maximum absolute atomic E-state index is 12.3. The summed E-state index contributed by atoms with van der Waals surface area (Å²) in [5, 5.41) is 17.5. The van der Waals surface area contributed by atoms with E-state index in [1.54, 1.807) is 13.8 Å². The summed E-state index contributed by atoms with van der Waals surface area (Å²) in [7, 11) is 0. The lowest BCUT2D eigenvalue weighted by Crippen LogP contribution is -2.60. The van der Waals surface area contributed by atoms with Crippen LogP contribution in [0.5, 0.6) is 0 Å². The lowest BCUT2D eigenvalue weighted by atomic mass is 10.0. The molecule has 0 aromatic carbocycles. The molecule has 108 valence electrons. The number of carbonyl (C=O) groups excluding carboxylic acids is 1. The highest BCUT2D eigenvalue weighted by Gasteiger charge is 2.37. The maximum Gasteiger partial charge on any atom is 0.323 e. The van der Waals surface area contributed by atoms with Crippen LogP contribution in [0.15, 0.2) is 0 Å². The average Bonchev–Trinajstić information content (AvgIpc) is 2.25. The molecule has 0 aromatic rings. The number of urea groups is 1. The zero-order chi connectivity index (χ0) is 14.6. The van der Waals surface area contributed by atoms with Crippen molar-refractivity contribution in [1.29, 1.82) is 0 Å². The predicted molar refractivity (Wildman–Crippen MR) is 63.8 cm³/mol. The van der Waals surface area contributed by atoms with Crippen LogP contribution in [-0.4, -0.2) is 76.4 Å². The largest absolute Gasteiger partial charge is 0.480 e. The van der Waals surface area contributed by atoms with Gasteiger partial charge in [-0.2, -0.15) is 0 Å². The molecule has 0 spiro atoms. The van der Waals surface area contributed by atoms with Crippen LogP contribution in [0.3, 0.4) is 0 Å². The number of rotatable bonds is 4. The van der Waals surface area contributed by atoms with Crippen molar-refractivity contribution in [2.45, 2.75) is 19.4 Å². The van der Waals surface area contributed by atoms with E-state index in [0.29, 0.717) is 19.8 Å². The predicted octanol–water partition coefficient (Wildman–Crippen LogP) is -0.312. The topological polar surface area (TPSA) is 107 Å². The average molecular weight is 274 g/mol. The van der Waals surface area contributed by atoms with Gasteiger partial charge in [0, 0.05) is 6.54 Å². The number of carboxylic acids is 2. The molecule has 0 aromatic heterocycles. The number of hydrogen-bond donors (Lipinski definition) is 2. The molecule has 2 amide bonds. The van der Waals surface area contributed by atoms with Crippen molar-refractivity contribution in [3.63, 3.8) is 0 Å². The van der Waals surface area contributed by atoms with Gasteiger partial charge in [-0.1, -0.05) is 0 Å². The van der Waals surface area contributed by atoms with E-state index in [1.165, 1.54) is 4.90 Å². The molecule has 0 saturated carbocycles. The Morgan fingerprint density at radius 3 is 2.16 bits per heavy atom. The summed E-state index contributed by atoms with van der Waals surface area (Å²) in [5.74, 6) is -2.50. The fraction of sp³-hybridized carbons (Fsp3) is 0.727. The lowest BCUT2D eigenvalue weighted by Gasteiger charge is -2.43. The van der Waals surface area contributed by atoms with Gasteiger partial charge in [0.15, 0.2) is 0 Å². The number of amides is 2. The van der Waals surface area contributed by atoms with Crippen molar-refractivity contribution >= 4 is 18.0 Å². The molecule has 1 saturated heterocycles. The van der Waals surface area contributed by atoms with Crippen LogP contribution in [-0.2, 0) is 14.3 Å². The molecule has 0 radical (unpaired) electrons. The molecular weight excluding hydrogens is 256 g/mol. The van der Waals surface area contributed by atoms with Gasteiger partial charge in [-0.3, -0.25) is 9.59 Å². The normalized spacial score (nSPS) is 17.9. The van der Waals surface area contributed by atoms with E-state index in [0.717, 1.165) is 4.90 Å². The third-order valence-corrected chi connectivity index (χ3v) is 2.80. The van der Waals surface area contributed by atoms with Gasteiger partial charge in [-0.05, 0) is 13.8 Å². The monoisotopic (exact) mass is 274 g/mol. The number of carbonyl (C=O) groups is 3. The van der Waals surface area contributed by atoms with Crippen LogP contribution in [0.2, 0.25) is 0 Å². The summed E-state index contributed by atoms with van der Waals surface area (Å²) in [4.78, 5) is 35.9. The number of hydrogen-bond acceptors (Lipinski definition) is 4. The fourth-order valence-electron chi connectivity index (χ4n) is 1.90. The van der Waals surface area contributed by atoms with E-state index in [-0.39, 0.29) is 0 Å². The number of ether oxygens (including phenoxy) is 1. The SMILES string of the molecule is CC1(C)COCCN1C(=O)N(CC(=O)O)CC(=O)O. The summed E-state index contributed by atoms with van der Waals surface area (Å²) in [6.07, 6.45) is 0. The van der Waals surface area contributed by atoms with Crippen LogP contribution < -0.4 is 0 Å². The Labute approximate surface area is 110 Å². The first-order valence-electron chi connectivity index (χ1n) is 5.82. The maximum atomic E-state index is 12.3. The molecule has 0 aliphatic carbocycles. The van der Waals surface area contributed by atoms with Crippen LogP contribution >= 0.6 is 0 Å². The zero-order valence-electron chi connectivity index (χ0n) is 11.0. The van der Waals surface area contributed by atoms with Crippen LogP contribution in [0.4, 0.5) is 4.79 Å². The Bertz CT molecular complexity index is 365. The Morgan fingerprint density at radius 2 is 1.74 bits per heavy atom. The fourth-order valence-corrected chi connectivity index (χ4v) is 1.90. The summed E-state index contributed by atoms with van der Waals surface area (Å²) < 4.78 is 5.26. The molecule has 1 aliphatic rings. The second-order valence-corrected chi connectivity index (χ2v) is 4.94. The van der Waals surface area contributed by atoms with E-state index in [1.807, 2.05) is 0 Å². The van der Waals surface area contributed by atoms with Gasteiger partial charge in [0.2, 0.25) is 0 Å². The first-order chi connectivity index (χ1) is 8.74. The minimum Gasteiger partial charge on any atom is -0.480 e. The lowest BCUT2D eigenvalue weighted by molar-refractivity contribution is -0.141. The summed E-state index contributed by atoms with van der Waals surface area (Å²) in [6, 6.07) is -0.599. The highest BCUT2D eigenvalue weighted by Crippen LogP contribution is 2.20. The standard InChI is InChI=1S/C11H18N2O6/c1-11(2)7-19-4-3-13(11)10(18)12(5-8(14)15)6-9(16)17/h3-7H2,1-2H3,(H,14,15)(H,16,17). The molecule has 1 rings (SSSR count). The van der Waals surface area contributed by atoms with Gasteiger partial charge in [0.05, 0.1) is 18.8 Å². The Kier molecular flexibility index (Phi) is 4.71. The zero-order valence-corrected chi connectivity index (χ0v) is 11.0. The van der Waals surface area contributed by atoms with Gasteiger partial charge in [-0.25, -0.2) is 4.79 Å². The molecule has 0 unspecified atom stereocenters. The number of nitrogens with zero attached hydrogens (tertiary/aromatic N) is 2. The molecule has 8 heteroatoms. The summed E-state index contributed by atoms with van der Waals surface area (Å²) in [5.41, 5.74) is -0.593. The third-order valence-electron chi connectivity index (χ3n) is 2.80. The van der Waals surface area contributed by atoms with E-state index in [4.69, 9.17) is 14.9 Å². The van der Waals surface area contributed by atoms with Gasteiger partial charge in [0.25, 0.3) is 0 Å². The quantitative estimate of drug-likeness (QED) is 0.728. The third kappa shape index (κ3) is 4.09. The molecule has 1 fully saturated rings. The summed E-state index contributed by atoms with van der Waals surface area (Å²) in [6.45, 7) is 3.27. The van der Waals surface area contributed by atoms with Gasteiger partial charge >= 0.3 is 18.0 Å². The van der Waals surface area contributed by atoms with Crippen molar-refractivity contribution in [3.05, 3.63) is 0 Å². The van der Waals surface area contributed by atoms with Crippen molar-refractivity contribution in [2.24, 2.45) is 0 Å².